The van der Waals surface area contributed by atoms with Gasteiger partial charge in [0.25, 0.3) is 0 Å². The highest BCUT2D eigenvalue weighted by atomic mass is 16.5. The molecule has 6 heterocycles. The van der Waals surface area contributed by atoms with Gasteiger partial charge >= 0.3 is 5.97 Å². The number of rotatable bonds is 4. The standard InChI is InChI=1S/C40H48N4O6/c1-4-37(48)19-24-20-39(36(47)50-3,32-27(13-16-43(21-24)22-37)26-8-5-6-10-30(26)41-32)25-11-12-31-29(18-25)38-14-17-44-15-7-9-28(33(38)44)34(46)40(49,23-45)35(38)42(31)2/h5-12,18,23-24,28,33-35,41,46,48-49H,4,13-17,19-22H2,1-3H3/t24-,28?,33?,34-,35?,37?,38-,39+,40-/m1/s1. The summed E-state index contributed by atoms with van der Waals surface area (Å²) in [7, 11) is 3.37. The number of piperidine rings is 1. The zero-order valence-electron chi connectivity index (χ0n) is 29.1. The van der Waals surface area contributed by atoms with E-state index >= 15 is 0 Å². The van der Waals surface area contributed by atoms with Crippen molar-refractivity contribution in [2.45, 2.75) is 79.2 Å². The fraction of sp³-hybridized carbons (Fsp3) is 0.550. The summed E-state index contributed by atoms with van der Waals surface area (Å²) in [5.41, 5.74) is 0.860. The number of nitrogens with one attached hydrogen (secondary N) is 1. The number of aliphatic hydroxyl groups is 3. The van der Waals surface area contributed by atoms with Crippen molar-refractivity contribution >= 4 is 28.8 Å². The Labute approximate surface area is 292 Å². The summed E-state index contributed by atoms with van der Waals surface area (Å²) in [5.74, 6) is -0.771. The van der Waals surface area contributed by atoms with Crippen LogP contribution in [0, 0.1) is 11.8 Å². The summed E-state index contributed by atoms with van der Waals surface area (Å²) in [6, 6.07) is 13.7. The summed E-state index contributed by atoms with van der Waals surface area (Å²) in [5, 5.41) is 36.7. The summed E-state index contributed by atoms with van der Waals surface area (Å²) < 4.78 is 5.83. The number of anilines is 1. The van der Waals surface area contributed by atoms with Crippen LogP contribution in [0.15, 0.2) is 54.6 Å². The van der Waals surface area contributed by atoms with Crippen LogP contribution in [0.1, 0.15) is 55.0 Å². The maximum atomic E-state index is 14.9. The molecule has 4 N–H and O–H groups in total. The third-order valence-corrected chi connectivity index (χ3v) is 13.9. The monoisotopic (exact) mass is 680 g/mol. The normalized spacial score (nSPS) is 40.2. The molecule has 1 spiro atoms. The molecule has 3 fully saturated rings. The highest BCUT2D eigenvalue weighted by molar-refractivity contribution is 5.93. The van der Waals surface area contributed by atoms with E-state index in [4.69, 9.17) is 4.74 Å². The highest BCUT2D eigenvalue weighted by Crippen LogP contribution is 2.62. The number of likely N-dealkylation sites (N-methyl/N-ethyl adjacent to an activating group) is 1. The van der Waals surface area contributed by atoms with Gasteiger partial charge in [0.1, 0.15) is 5.41 Å². The van der Waals surface area contributed by atoms with Crippen molar-refractivity contribution in [1.29, 1.82) is 0 Å². The first-order valence-electron chi connectivity index (χ1n) is 18.3. The Balaban J connectivity index is 1.30. The molecule has 1 aliphatic carbocycles. The number of carbonyl (C=O) groups excluding carboxylic acids is 2. The number of H-pyrrole nitrogens is 1. The second-order valence-electron chi connectivity index (χ2n) is 16.2. The molecule has 2 bridgehead atoms. The number of hydrogen-bond acceptors (Lipinski definition) is 9. The van der Waals surface area contributed by atoms with E-state index in [0.717, 1.165) is 65.2 Å². The van der Waals surface area contributed by atoms with Crippen LogP contribution in [0.2, 0.25) is 0 Å². The van der Waals surface area contributed by atoms with Gasteiger partial charge in [0.2, 0.25) is 0 Å². The molecule has 9 rings (SSSR count). The molecule has 10 nitrogen and oxygen atoms in total. The largest absolute Gasteiger partial charge is 0.468 e. The van der Waals surface area contributed by atoms with Crippen molar-refractivity contribution in [2.24, 2.45) is 11.8 Å². The van der Waals surface area contributed by atoms with Crippen LogP contribution in [0.3, 0.4) is 0 Å². The van der Waals surface area contributed by atoms with Crippen LogP contribution in [0.5, 0.6) is 0 Å². The first kappa shape index (κ1) is 32.4. The lowest BCUT2D eigenvalue weighted by Gasteiger charge is -2.57. The van der Waals surface area contributed by atoms with Crippen LogP contribution in [-0.4, -0.2) is 119 Å². The molecule has 0 radical (unpaired) electrons. The van der Waals surface area contributed by atoms with E-state index in [0.29, 0.717) is 44.9 Å². The van der Waals surface area contributed by atoms with Gasteiger partial charge in [-0.05, 0) is 73.4 Å². The number of methoxy groups -OCH3 is 1. The van der Waals surface area contributed by atoms with E-state index in [9.17, 15) is 24.9 Å². The number of aldehydes is 1. The predicted molar refractivity (Wildman–Crippen MR) is 189 cm³/mol. The lowest BCUT2D eigenvalue weighted by Crippen LogP contribution is -2.75. The van der Waals surface area contributed by atoms with E-state index in [1.54, 1.807) is 0 Å². The molecular formula is C40H48N4O6. The summed E-state index contributed by atoms with van der Waals surface area (Å²) in [4.78, 5) is 38.3. The van der Waals surface area contributed by atoms with Gasteiger partial charge in [-0.2, -0.15) is 0 Å². The predicted octanol–water partition coefficient (Wildman–Crippen LogP) is 2.66. The average Bonchev–Trinajstić information content (AvgIpc) is 3.79. The van der Waals surface area contributed by atoms with Crippen LogP contribution < -0.4 is 4.90 Å². The topological polar surface area (TPSA) is 130 Å². The van der Waals surface area contributed by atoms with Crippen LogP contribution in [0.25, 0.3) is 10.9 Å². The Morgan fingerprint density at radius 2 is 1.96 bits per heavy atom. The molecule has 1 saturated carbocycles. The number of ether oxygens (including phenoxy) is 1. The second-order valence-corrected chi connectivity index (χ2v) is 16.2. The Bertz CT molecular complexity index is 1930. The van der Waals surface area contributed by atoms with Gasteiger partial charge in [0.05, 0.1) is 24.9 Å². The minimum absolute atomic E-state index is 0.00631. The Kier molecular flexibility index (Phi) is 7.11. The maximum Gasteiger partial charge on any atom is 0.322 e. The SMILES string of the molecule is CCC1(O)C[C@H]2CN(CCc3c([nH]c4ccccc34)[C@@](C(=O)OC)(c3ccc4c(c3)[C@]35CCN6CC=CC(C63)[C@@H](O)[C@](O)(C=O)C5N4C)C2)C1. The minimum Gasteiger partial charge on any atom is -0.468 e. The third-order valence-electron chi connectivity index (χ3n) is 13.9. The molecule has 10 atom stereocenters. The Hall–Kier alpha value is -3.54. The van der Waals surface area contributed by atoms with Crippen molar-refractivity contribution in [3.05, 3.63) is 77.0 Å². The van der Waals surface area contributed by atoms with Gasteiger partial charge in [0.15, 0.2) is 11.9 Å². The van der Waals surface area contributed by atoms with Crippen molar-refractivity contribution in [1.82, 2.24) is 14.8 Å². The van der Waals surface area contributed by atoms with Gasteiger partial charge in [-0.3, -0.25) is 19.4 Å². The van der Waals surface area contributed by atoms with Crippen molar-refractivity contribution in [3.63, 3.8) is 0 Å². The molecule has 6 aliphatic rings. The first-order valence-corrected chi connectivity index (χ1v) is 18.3. The number of carbonyl (C=O) groups is 2. The number of aromatic nitrogens is 1. The van der Waals surface area contributed by atoms with Crippen LogP contribution >= 0.6 is 0 Å². The number of benzene rings is 2. The molecule has 1 aromatic heterocycles. The molecule has 0 amide bonds. The maximum absolute atomic E-state index is 14.9. The van der Waals surface area contributed by atoms with Crippen LogP contribution in [0.4, 0.5) is 5.69 Å². The summed E-state index contributed by atoms with van der Waals surface area (Å²) >= 11 is 0. The molecule has 5 unspecified atom stereocenters. The fourth-order valence-corrected chi connectivity index (χ4v) is 11.9. The Morgan fingerprint density at radius 1 is 1.14 bits per heavy atom. The molecule has 264 valence electrons. The van der Waals surface area contributed by atoms with Gasteiger partial charge in [0, 0.05) is 72.9 Å². The number of esters is 1. The van der Waals surface area contributed by atoms with E-state index in [2.05, 4.69) is 33.0 Å². The zero-order valence-corrected chi connectivity index (χ0v) is 29.1. The van der Waals surface area contributed by atoms with E-state index in [1.807, 2.05) is 55.3 Å². The number of nitrogens with zero attached hydrogens (tertiary/aromatic N) is 3. The van der Waals surface area contributed by atoms with Crippen molar-refractivity contribution in [3.8, 4) is 0 Å². The van der Waals surface area contributed by atoms with E-state index in [-0.39, 0.29) is 17.9 Å². The lowest BCUT2D eigenvalue weighted by molar-refractivity contribution is -0.168. The van der Waals surface area contributed by atoms with Gasteiger partial charge < -0.3 is 29.9 Å². The second kappa shape index (κ2) is 11.0. The smallest absolute Gasteiger partial charge is 0.322 e. The third kappa shape index (κ3) is 4.02. The zero-order chi connectivity index (χ0) is 34.8. The molecular weight excluding hydrogens is 632 g/mol. The average molecular weight is 681 g/mol. The van der Waals surface area contributed by atoms with Crippen molar-refractivity contribution < 1.29 is 29.6 Å². The molecule has 5 aliphatic heterocycles. The van der Waals surface area contributed by atoms with Crippen LogP contribution in [-0.2, 0) is 31.6 Å². The quantitative estimate of drug-likeness (QED) is 0.187. The number of para-hydroxylation sites is 1. The van der Waals surface area contributed by atoms with Crippen molar-refractivity contribution in [2.75, 3.05) is 51.8 Å². The van der Waals surface area contributed by atoms with E-state index < -0.39 is 40.1 Å². The number of aliphatic hydroxyl groups excluding tert-OH is 1. The van der Waals surface area contributed by atoms with Gasteiger partial charge in [-0.25, -0.2) is 0 Å². The Morgan fingerprint density at radius 3 is 2.74 bits per heavy atom. The van der Waals surface area contributed by atoms with Gasteiger partial charge in [-0.15, -0.1) is 0 Å². The number of fused-ring (bicyclic) bond motifs is 6. The fourth-order valence-electron chi connectivity index (χ4n) is 11.9. The van der Waals surface area contributed by atoms with E-state index in [1.165, 1.54) is 7.11 Å². The summed E-state index contributed by atoms with van der Waals surface area (Å²) in [6.07, 6.45) is 6.40. The number of hydrogen-bond donors (Lipinski definition) is 4. The summed E-state index contributed by atoms with van der Waals surface area (Å²) in [6.45, 7) is 5.70. The number of aromatic amines is 1. The molecule has 3 aromatic rings. The molecule has 50 heavy (non-hydrogen) atoms. The lowest BCUT2D eigenvalue weighted by atomic mass is 9.54. The molecule has 2 aromatic carbocycles. The highest BCUT2D eigenvalue weighted by Gasteiger charge is 2.73. The minimum atomic E-state index is -1.99. The molecule has 2 saturated heterocycles. The molecule has 10 heteroatoms. The first-order chi connectivity index (χ1) is 24.0. The van der Waals surface area contributed by atoms with Gasteiger partial charge in [-0.1, -0.05) is 49.4 Å².